The van der Waals surface area contributed by atoms with Crippen LogP contribution in [-0.2, 0) is 34.2 Å². The SMILES string of the molecule is Cc1nc2c(c(=O)n1C)CCN(C(=O)C1CC(=O)OC13CCCC3)CC2. The Labute approximate surface area is 152 Å². The number of rotatable bonds is 1. The maximum atomic E-state index is 13.2. The van der Waals surface area contributed by atoms with Gasteiger partial charge in [-0.05, 0) is 39.0 Å². The van der Waals surface area contributed by atoms with E-state index in [-0.39, 0.29) is 29.8 Å². The van der Waals surface area contributed by atoms with Crippen LogP contribution in [0.25, 0.3) is 0 Å². The van der Waals surface area contributed by atoms with Crippen molar-refractivity contribution in [2.75, 3.05) is 13.1 Å². The van der Waals surface area contributed by atoms with Gasteiger partial charge in [0.1, 0.15) is 11.4 Å². The fourth-order valence-corrected chi connectivity index (χ4v) is 4.74. The molecule has 3 heterocycles. The largest absolute Gasteiger partial charge is 0.458 e. The van der Waals surface area contributed by atoms with Crippen molar-refractivity contribution in [2.24, 2.45) is 13.0 Å². The highest BCUT2D eigenvalue weighted by molar-refractivity contribution is 5.88. The number of carbonyl (C=O) groups excluding carboxylic acids is 2. The number of hydrogen-bond acceptors (Lipinski definition) is 5. The smallest absolute Gasteiger partial charge is 0.307 e. The second-order valence-electron chi connectivity index (χ2n) is 7.78. The van der Waals surface area contributed by atoms with E-state index in [2.05, 4.69) is 4.98 Å². The molecular weight excluding hydrogens is 334 g/mol. The number of aryl methyl sites for hydroxylation is 1. The molecule has 7 nitrogen and oxygen atoms in total. The molecule has 0 radical (unpaired) electrons. The summed E-state index contributed by atoms with van der Waals surface area (Å²) in [5, 5.41) is 0. The Bertz CT molecular complexity index is 823. The molecule has 0 bridgehead atoms. The fourth-order valence-electron chi connectivity index (χ4n) is 4.74. The Hall–Kier alpha value is -2.18. The number of amides is 1. The van der Waals surface area contributed by atoms with Crippen LogP contribution in [0.5, 0.6) is 0 Å². The standard InChI is InChI=1S/C19H25N3O4/c1-12-20-15-6-10-22(9-5-13(15)17(24)21(12)2)18(25)14-11-16(23)26-19(14)7-3-4-8-19/h14H,3-11H2,1-2H3. The quantitative estimate of drug-likeness (QED) is 0.696. The minimum atomic E-state index is -0.585. The highest BCUT2D eigenvalue weighted by atomic mass is 16.6. The molecule has 1 amide bonds. The van der Waals surface area contributed by atoms with Gasteiger partial charge in [-0.1, -0.05) is 0 Å². The van der Waals surface area contributed by atoms with Crippen molar-refractivity contribution in [1.29, 1.82) is 0 Å². The normalized spacial score (nSPS) is 24.5. The van der Waals surface area contributed by atoms with Crippen LogP contribution in [0.2, 0.25) is 0 Å². The maximum Gasteiger partial charge on any atom is 0.307 e. The van der Waals surface area contributed by atoms with Gasteiger partial charge in [-0.25, -0.2) is 4.98 Å². The first-order chi connectivity index (χ1) is 12.4. The van der Waals surface area contributed by atoms with Gasteiger partial charge in [0.25, 0.3) is 5.56 Å². The van der Waals surface area contributed by atoms with E-state index in [1.54, 1.807) is 11.6 Å². The second-order valence-corrected chi connectivity index (χ2v) is 7.78. The second kappa shape index (κ2) is 6.21. The average molecular weight is 359 g/mol. The highest BCUT2D eigenvalue weighted by Gasteiger charge is 2.54. The summed E-state index contributed by atoms with van der Waals surface area (Å²) in [5.41, 5.74) is 0.907. The summed E-state index contributed by atoms with van der Waals surface area (Å²) in [7, 11) is 1.73. The third-order valence-corrected chi connectivity index (χ3v) is 6.33. The predicted molar refractivity (Wildman–Crippen MR) is 93.6 cm³/mol. The first kappa shape index (κ1) is 17.2. The summed E-state index contributed by atoms with van der Waals surface area (Å²) >= 11 is 0. The molecule has 140 valence electrons. The molecule has 4 rings (SSSR count). The summed E-state index contributed by atoms with van der Waals surface area (Å²) < 4.78 is 7.19. The van der Waals surface area contributed by atoms with Crippen LogP contribution in [0.1, 0.15) is 49.2 Å². The number of hydrogen-bond donors (Lipinski definition) is 0. The topological polar surface area (TPSA) is 81.5 Å². The molecule has 1 aromatic heterocycles. The lowest BCUT2D eigenvalue weighted by Crippen LogP contribution is -2.45. The van der Waals surface area contributed by atoms with Crippen molar-refractivity contribution in [3.63, 3.8) is 0 Å². The van der Waals surface area contributed by atoms with Crippen LogP contribution >= 0.6 is 0 Å². The van der Waals surface area contributed by atoms with Crippen molar-refractivity contribution in [1.82, 2.24) is 14.5 Å². The molecule has 1 aromatic rings. The minimum absolute atomic E-state index is 0.000831. The molecule has 3 aliphatic rings. The summed E-state index contributed by atoms with van der Waals surface area (Å²) in [6.07, 6.45) is 4.84. The summed E-state index contributed by atoms with van der Waals surface area (Å²) in [5.74, 6) is 0.0538. The van der Waals surface area contributed by atoms with Crippen molar-refractivity contribution in [2.45, 2.75) is 57.5 Å². The third-order valence-electron chi connectivity index (χ3n) is 6.33. The van der Waals surface area contributed by atoms with Crippen LogP contribution in [-0.4, -0.2) is 45.0 Å². The van der Waals surface area contributed by atoms with Gasteiger partial charge in [-0.2, -0.15) is 0 Å². The minimum Gasteiger partial charge on any atom is -0.458 e. The molecule has 7 heteroatoms. The lowest BCUT2D eigenvalue weighted by atomic mass is 9.84. The molecule has 1 saturated carbocycles. The zero-order valence-electron chi connectivity index (χ0n) is 15.4. The Kier molecular flexibility index (Phi) is 4.12. The molecule has 1 spiro atoms. The number of esters is 1. The zero-order chi connectivity index (χ0) is 18.5. The van der Waals surface area contributed by atoms with Gasteiger partial charge >= 0.3 is 5.97 Å². The third kappa shape index (κ3) is 2.64. The van der Waals surface area contributed by atoms with Crippen LogP contribution in [0.15, 0.2) is 4.79 Å². The number of nitrogens with zero attached hydrogens (tertiary/aromatic N) is 3. The van der Waals surface area contributed by atoms with Crippen molar-refractivity contribution < 1.29 is 14.3 Å². The summed E-state index contributed by atoms with van der Waals surface area (Å²) in [6.45, 7) is 2.85. The molecule has 1 aliphatic carbocycles. The zero-order valence-corrected chi connectivity index (χ0v) is 15.4. The lowest BCUT2D eigenvalue weighted by molar-refractivity contribution is -0.151. The van der Waals surface area contributed by atoms with Crippen LogP contribution in [0, 0.1) is 12.8 Å². The van der Waals surface area contributed by atoms with Crippen LogP contribution in [0.4, 0.5) is 0 Å². The van der Waals surface area contributed by atoms with Crippen molar-refractivity contribution in [3.05, 3.63) is 27.4 Å². The predicted octanol–water partition coefficient (Wildman–Crippen LogP) is 0.892. The molecule has 2 fully saturated rings. The first-order valence-electron chi connectivity index (χ1n) is 9.47. The van der Waals surface area contributed by atoms with Crippen molar-refractivity contribution in [3.8, 4) is 0 Å². The molecule has 0 N–H and O–H groups in total. The Balaban J connectivity index is 1.56. The van der Waals surface area contributed by atoms with E-state index in [9.17, 15) is 14.4 Å². The fraction of sp³-hybridized carbons (Fsp3) is 0.684. The molecule has 1 unspecified atom stereocenters. The molecule has 2 aliphatic heterocycles. The molecule has 0 aromatic carbocycles. The van der Waals surface area contributed by atoms with E-state index in [4.69, 9.17) is 4.74 Å². The van der Waals surface area contributed by atoms with Gasteiger partial charge in [-0.15, -0.1) is 0 Å². The Morgan fingerprint density at radius 1 is 1.19 bits per heavy atom. The molecule has 1 saturated heterocycles. The van der Waals surface area contributed by atoms with E-state index < -0.39 is 5.60 Å². The summed E-state index contributed by atoms with van der Waals surface area (Å²) in [4.78, 5) is 44.0. The van der Waals surface area contributed by atoms with E-state index in [0.717, 1.165) is 31.4 Å². The van der Waals surface area contributed by atoms with Gasteiger partial charge in [0.15, 0.2) is 0 Å². The molecule has 26 heavy (non-hydrogen) atoms. The first-order valence-corrected chi connectivity index (χ1v) is 9.47. The summed E-state index contributed by atoms with van der Waals surface area (Å²) in [6, 6.07) is 0. The molecule has 1 atom stereocenters. The number of aromatic nitrogens is 2. The molecular formula is C19H25N3O4. The van der Waals surface area contributed by atoms with Gasteiger partial charge in [0.05, 0.1) is 18.0 Å². The number of carbonyl (C=O) groups is 2. The maximum absolute atomic E-state index is 13.2. The van der Waals surface area contributed by atoms with Gasteiger partial charge in [0.2, 0.25) is 5.91 Å². The Morgan fingerprint density at radius 3 is 2.62 bits per heavy atom. The van der Waals surface area contributed by atoms with Crippen LogP contribution < -0.4 is 5.56 Å². The average Bonchev–Trinajstić information content (AvgIpc) is 3.14. The van der Waals surface area contributed by atoms with E-state index in [1.807, 2.05) is 11.8 Å². The van der Waals surface area contributed by atoms with Crippen molar-refractivity contribution >= 4 is 11.9 Å². The van der Waals surface area contributed by atoms with E-state index in [1.165, 1.54) is 0 Å². The van der Waals surface area contributed by atoms with E-state index >= 15 is 0 Å². The Morgan fingerprint density at radius 2 is 1.88 bits per heavy atom. The van der Waals surface area contributed by atoms with Gasteiger partial charge < -0.3 is 9.64 Å². The monoisotopic (exact) mass is 359 g/mol. The van der Waals surface area contributed by atoms with Gasteiger partial charge in [0, 0.05) is 32.1 Å². The van der Waals surface area contributed by atoms with E-state index in [0.29, 0.717) is 37.3 Å². The van der Waals surface area contributed by atoms with Crippen LogP contribution in [0.3, 0.4) is 0 Å². The highest BCUT2D eigenvalue weighted by Crippen LogP contribution is 2.46. The number of ether oxygens (including phenoxy) is 1. The number of fused-ring (bicyclic) bond motifs is 1. The van der Waals surface area contributed by atoms with Gasteiger partial charge in [-0.3, -0.25) is 19.0 Å². The lowest BCUT2D eigenvalue weighted by Gasteiger charge is -2.32.